The predicted octanol–water partition coefficient (Wildman–Crippen LogP) is 1.52. The number of benzene rings is 1. The molecule has 1 aromatic carbocycles. The standard InChI is InChI=1S/C13H17N3O3S/c1-9(2)16-12(8-14-13(16)17)15-20(18,19)11-6-4-10(3)5-7-11/h4-7,9H,8H2,1-3H3,(H,14,17)/b15-12+. The van der Waals surface area contributed by atoms with Crippen molar-refractivity contribution in [1.29, 1.82) is 0 Å². The Morgan fingerprint density at radius 2 is 1.85 bits per heavy atom. The van der Waals surface area contributed by atoms with E-state index in [1.807, 2.05) is 6.92 Å². The normalized spacial score (nSPS) is 17.9. The fourth-order valence-corrected chi connectivity index (χ4v) is 2.97. The molecule has 0 atom stereocenters. The van der Waals surface area contributed by atoms with Gasteiger partial charge in [-0.1, -0.05) is 17.7 Å². The Hall–Kier alpha value is -1.89. The van der Waals surface area contributed by atoms with E-state index in [1.165, 1.54) is 17.0 Å². The Balaban J connectivity index is 2.38. The van der Waals surface area contributed by atoms with Crippen LogP contribution in [0.2, 0.25) is 0 Å². The third-order valence-electron chi connectivity index (χ3n) is 2.96. The van der Waals surface area contributed by atoms with Crippen molar-refractivity contribution in [2.24, 2.45) is 4.40 Å². The van der Waals surface area contributed by atoms with Crippen molar-refractivity contribution in [1.82, 2.24) is 10.2 Å². The predicted molar refractivity (Wildman–Crippen MR) is 76.2 cm³/mol. The Bertz CT molecular complexity index is 648. The summed E-state index contributed by atoms with van der Waals surface area (Å²) in [4.78, 5) is 13.1. The van der Waals surface area contributed by atoms with Gasteiger partial charge in [-0.3, -0.25) is 4.90 Å². The van der Waals surface area contributed by atoms with Gasteiger partial charge >= 0.3 is 6.03 Å². The molecule has 0 saturated carbocycles. The van der Waals surface area contributed by atoms with Crippen LogP contribution in [0.1, 0.15) is 19.4 Å². The highest BCUT2D eigenvalue weighted by atomic mass is 32.2. The van der Waals surface area contributed by atoms with E-state index in [9.17, 15) is 13.2 Å². The third kappa shape index (κ3) is 2.82. The highest BCUT2D eigenvalue weighted by Crippen LogP contribution is 2.16. The highest BCUT2D eigenvalue weighted by Gasteiger charge is 2.31. The number of hydrogen-bond acceptors (Lipinski definition) is 3. The van der Waals surface area contributed by atoms with Gasteiger partial charge < -0.3 is 5.32 Å². The average molecular weight is 295 g/mol. The summed E-state index contributed by atoms with van der Waals surface area (Å²) in [5.41, 5.74) is 0.970. The van der Waals surface area contributed by atoms with Crippen LogP contribution in [0.3, 0.4) is 0 Å². The van der Waals surface area contributed by atoms with Crippen LogP contribution in [0.25, 0.3) is 0 Å². The van der Waals surface area contributed by atoms with E-state index >= 15 is 0 Å². The number of nitrogens with one attached hydrogen (secondary N) is 1. The summed E-state index contributed by atoms with van der Waals surface area (Å²) in [6, 6.07) is 5.98. The second kappa shape index (κ2) is 5.24. The van der Waals surface area contributed by atoms with E-state index in [0.717, 1.165) is 5.56 Å². The molecule has 1 fully saturated rings. The number of hydrogen-bond donors (Lipinski definition) is 1. The lowest BCUT2D eigenvalue weighted by Crippen LogP contribution is -2.37. The molecule has 1 heterocycles. The van der Waals surface area contributed by atoms with Gasteiger partial charge in [-0.2, -0.15) is 8.42 Å². The molecule has 0 aromatic heterocycles. The molecule has 2 rings (SSSR count). The van der Waals surface area contributed by atoms with Crippen LogP contribution in [0.15, 0.2) is 33.6 Å². The van der Waals surface area contributed by atoms with Gasteiger partial charge in [0.05, 0.1) is 11.4 Å². The van der Waals surface area contributed by atoms with Gasteiger partial charge in [0.15, 0.2) is 0 Å². The maximum absolute atomic E-state index is 12.2. The molecule has 1 aliphatic heterocycles. The molecule has 108 valence electrons. The molecular weight excluding hydrogens is 278 g/mol. The second-order valence-electron chi connectivity index (χ2n) is 4.92. The zero-order valence-corrected chi connectivity index (χ0v) is 12.4. The topological polar surface area (TPSA) is 78.8 Å². The minimum atomic E-state index is -3.80. The lowest BCUT2D eigenvalue weighted by Gasteiger charge is -2.19. The van der Waals surface area contributed by atoms with Crippen LogP contribution < -0.4 is 5.32 Å². The molecule has 0 spiro atoms. The van der Waals surface area contributed by atoms with Crippen LogP contribution in [0.4, 0.5) is 4.79 Å². The van der Waals surface area contributed by atoms with Gasteiger partial charge in [-0.25, -0.2) is 4.79 Å². The van der Waals surface area contributed by atoms with Crippen molar-refractivity contribution >= 4 is 21.9 Å². The first-order valence-electron chi connectivity index (χ1n) is 6.29. The summed E-state index contributed by atoms with van der Waals surface area (Å²) in [5, 5.41) is 2.58. The maximum Gasteiger partial charge on any atom is 0.323 e. The number of carbonyl (C=O) groups is 1. The fourth-order valence-electron chi connectivity index (χ4n) is 1.95. The molecule has 7 heteroatoms. The van der Waals surface area contributed by atoms with Crippen molar-refractivity contribution in [3.63, 3.8) is 0 Å². The number of urea groups is 1. The SMILES string of the molecule is Cc1ccc(S(=O)(=O)/N=C2\CNC(=O)N2C(C)C)cc1. The van der Waals surface area contributed by atoms with E-state index in [0.29, 0.717) is 0 Å². The quantitative estimate of drug-likeness (QED) is 0.918. The molecule has 20 heavy (non-hydrogen) atoms. The number of carbonyl (C=O) groups excluding carboxylic acids is 1. The van der Waals surface area contributed by atoms with Gasteiger partial charge in [0.2, 0.25) is 0 Å². The number of rotatable bonds is 3. The summed E-state index contributed by atoms with van der Waals surface area (Å²) in [7, 11) is -3.80. The number of nitrogens with zero attached hydrogens (tertiary/aromatic N) is 2. The van der Waals surface area contributed by atoms with Crippen molar-refractivity contribution in [2.75, 3.05) is 6.54 Å². The van der Waals surface area contributed by atoms with Crippen molar-refractivity contribution in [3.8, 4) is 0 Å². The van der Waals surface area contributed by atoms with Crippen LogP contribution in [-0.4, -0.2) is 37.8 Å². The first kappa shape index (κ1) is 14.5. The van der Waals surface area contributed by atoms with Gasteiger partial charge in [0.25, 0.3) is 10.0 Å². The molecule has 1 N–H and O–H groups in total. The molecule has 1 saturated heterocycles. The van der Waals surface area contributed by atoms with Crippen molar-refractivity contribution in [2.45, 2.75) is 31.7 Å². The summed E-state index contributed by atoms with van der Waals surface area (Å²) < 4.78 is 28.2. The molecule has 0 radical (unpaired) electrons. The largest absolute Gasteiger partial charge is 0.330 e. The Morgan fingerprint density at radius 3 is 2.40 bits per heavy atom. The highest BCUT2D eigenvalue weighted by molar-refractivity contribution is 7.90. The van der Waals surface area contributed by atoms with Gasteiger partial charge in [-0.05, 0) is 32.9 Å². The first-order chi connectivity index (χ1) is 9.31. The molecule has 0 bridgehead atoms. The van der Waals surface area contributed by atoms with Gasteiger partial charge in [-0.15, -0.1) is 4.40 Å². The van der Waals surface area contributed by atoms with Crippen LogP contribution in [0.5, 0.6) is 0 Å². The van der Waals surface area contributed by atoms with Crippen LogP contribution in [0, 0.1) is 6.92 Å². The Kier molecular flexibility index (Phi) is 3.80. The van der Waals surface area contributed by atoms with Gasteiger partial charge in [0.1, 0.15) is 5.84 Å². The van der Waals surface area contributed by atoms with E-state index < -0.39 is 10.0 Å². The molecule has 1 aromatic rings. The third-order valence-corrected chi connectivity index (χ3v) is 4.27. The summed E-state index contributed by atoms with van der Waals surface area (Å²) in [6.45, 7) is 5.61. The Morgan fingerprint density at radius 1 is 1.25 bits per heavy atom. The minimum absolute atomic E-state index is 0.124. The maximum atomic E-state index is 12.2. The first-order valence-corrected chi connectivity index (χ1v) is 7.73. The minimum Gasteiger partial charge on any atom is -0.330 e. The zero-order valence-electron chi connectivity index (χ0n) is 11.6. The second-order valence-corrected chi connectivity index (χ2v) is 6.52. The lowest BCUT2D eigenvalue weighted by molar-refractivity contribution is 0.221. The van der Waals surface area contributed by atoms with Gasteiger partial charge in [0, 0.05) is 6.04 Å². The number of sulfonamides is 1. The molecule has 6 nitrogen and oxygen atoms in total. The van der Waals surface area contributed by atoms with Crippen molar-refractivity contribution < 1.29 is 13.2 Å². The molecule has 1 aliphatic rings. The van der Waals surface area contributed by atoms with Crippen molar-refractivity contribution in [3.05, 3.63) is 29.8 Å². The zero-order chi connectivity index (χ0) is 14.9. The lowest BCUT2D eigenvalue weighted by atomic mass is 10.2. The molecule has 0 unspecified atom stereocenters. The number of amides is 2. The van der Waals surface area contributed by atoms with E-state index in [1.54, 1.807) is 26.0 Å². The van der Waals surface area contributed by atoms with E-state index in [4.69, 9.17) is 0 Å². The fraction of sp³-hybridized carbons (Fsp3) is 0.385. The monoisotopic (exact) mass is 295 g/mol. The van der Waals surface area contributed by atoms with Crippen LogP contribution in [-0.2, 0) is 10.0 Å². The summed E-state index contributed by atoms with van der Waals surface area (Å²) in [5.74, 6) is 0.227. The molecule has 0 aliphatic carbocycles. The van der Waals surface area contributed by atoms with E-state index in [2.05, 4.69) is 9.71 Å². The summed E-state index contributed by atoms with van der Waals surface area (Å²) in [6.07, 6.45) is 0. The number of amidine groups is 1. The Labute approximate surface area is 118 Å². The molecular formula is C13H17N3O3S. The van der Waals surface area contributed by atoms with Crippen LogP contribution >= 0.6 is 0 Å². The van der Waals surface area contributed by atoms with E-state index in [-0.39, 0.29) is 29.3 Å². The molecule has 2 amide bonds. The average Bonchev–Trinajstić information content (AvgIpc) is 2.70. The smallest absolute Gasteiger partial charge is 0.323 e. The summed E-state index contributed by atoms with van der Waals surface area (Å²) >= 11 is 0. The number of aryl methyl sites for hydroxylation is 1.